The normalized spacial score (nSPS) is 15.1. The maximum Gasteiger partial charge on any atom is 0.254 e. The smallest absolute Gasteiger partial charge is 0.254 e. The predicted molar refractivity (Wildman–Crippen MR) is 127 cm³/mol. The van der Waals surface area contributed by atoms with E-state index in [1.54, 1.807) is 39.3 Å². The third kappa shape index (κ3) is 5.09. The molecule has 0 aliphatic carbocycles. The van der Waals surface area contributed by atoms with Crippen molar-refractivity contribution in [2.75, 3.05) is 26.2 Å². The number of benzene rings is 2. The van der Waals surface area contributed by atoms with E-state index >= 15 is 0 Å². The van der Waals surface area contributed by atoms with Crippen LogP contribution in [0.15, 0.2) is 60.0 Å². The molecule has 0 fully saturated rings. The molecule has 1 aliphatic rings. The van der Waals surface area contributed by atoms with Crippen LogP contribution in [0.5, 0.6) is 5.75 Å². The third-order valence-electron chi connectivity index (χ3n) is 5.99. The monoisotopic (exact) mass is 466 g/mol. The molecule has 5 nitrogen and oxygen atoms in total. The summed E-state index contributed by atoms with van der Waals surface area (Å²) in [7, 11) is 0. The Labute approximate surface area is 197 Å². The summed E-state index contributed by atoms with van der Waals surface area (Å²) in [6, 6.07) is 15.1. The number of amides is 2. The summed E-state index contributed by atoms with van der Waals surface area (Å²) >= 11 is 1.67. The molecule has 2 aromatic carbocycles. The van der Waals surface area contributed by atoms with Crippen molar-refractivity contribution in [3.8, 4) is 5.75 Å². The lowest BCUT2D eigenvalue weighted by atomic mass is 10.00. The summed E-state index contributed by atoms with van der Waals surface area (Å²) in [5.74, 6) is -0.212. The molecule has 2 amide bonds. The number of thiophene rings is 1. The molecular formula is C26H27FN2O3S. The van der Waals surface area contributed by atoms with E-state index in [9.17, 15) is 14.0 Å². The van der Waals surface area contributed by atoms with Crippen molar-refractivity contribution in [1.82, 2.24) is 9.80 Å². The van der Waals surface area contributed by atoms with Gasteiger partial charge in [0.15, 0.2) is 0 Å². The number of carbonyl (C=O) groups is 2. The first-order valence-electron chi connectivity index (χ1n) is 11.1. The van der Waals surface area contributed by atoms with Crippen LogP contribution in [0.25, 0.3) is 0 Å². The summed E-state index contributed by atoms with van der Waals surface area (Å²) in [4.78, 5) is 31.1. The quantitative estimate of drug-likeness (QED) is 0.500. The van der Waals surface area contributed by atoms with E-state index in [1.807, 2.05) is 43.5 Å². The maximum absolute atomic E-state index is 13.6. The van der Waals surface area contributed by atoms with E-state index in [2.05, 4.69) is 0 Å². The van der Waals surface area contributed by atoms with Gasteiger partial charge in [0.2, 0.25) is 5.91 Å². The minimum absolute atomic E-state index is 0.000394. The van der Waals surface area contributed by atoms with E-state index in [-0.39, 0.29) is 36.8 Å². The zero-order valence-corrected chi connectivity index (χ0v) is 19.6. The van der Waals surface area contributed by atoms with Crippen LogP contribution < -0.4 is 4.74 Å². The van der Waals surface area contributed by atoms with Gasteiger partial charge in [-0.15, -0.1) is 11.3 Å². The van der Waals surface area contributed by atoms with Crippen molar-refractivity contribution in [3.63, 3.8) is 0 Å². The van der Waals surface area contributed by atoms with Gasteiger partial charge in [-0.2, -0.15) is 0 Å². The molecule has 1 aromatic heterocycles. The standard InChI is InChI=1S/C26H27FN2O3S/c1-3-28(26(31)21-10-5-4-7-18(21)2)16-25(30)29-13-11-24-22(12-14-33-24)23(29)17-32-20-9-6-8-19(27)15-20/h4-10,12,14-15,23H,3,11,13,16-17H2,1-2H3/t23-/m1/s1. The third-order valence-corrected chi connectivity index (χ3v) is 6.99. The number of fused-ring (bicyclic) bond motifs is 1. The number of rotatable bonds is 7. The van der Waals surface area contributed by atoms with Crippen molar-refractivity contribution in [1.29, 1.82) is 0 Å². The van der Waals surface area contributed by atoms with Crippen molar-refractivity contribution < 1.29 is 18.7 Å². The van der Waals surface area contributed by atoms with Crippen LogP contribution in [0, 0.1) is 12.7 Å². The molecule has 0 bridgehead atoms. The van der Waals surface area contributed by atoms with Crippen LogP contribution in [0.3, 0.4) is 0 Å². The molecular weight excluding hydrogens is 439 g/mol. The van der Waals surface area contributed by atoms with Gasteiger partial charge in [0, 0.05) is 29.6 Å². The highest BCUT2D eigenvalue weighted by molar-refractivity contribution is 7.10. The molecule has 0 saturated heterocycles. The minimum atomic E-state index is -0.367. The lowest BCUT2D eigenvalue weighted by molar-refractivity contribution is -0.135. The zero-order chi connectivity index (χ0) is 23.4. The molecule has 0 unspecified atom stereocenters. The molecule has 7 heteroatoms. The molecule has 1 aliphatic heterocycles. The highest BCUT2D eigenvalue weighted by Gasteiger charge is 2.33. The second kappa shape index (κ2) is 10.2. The van der Waals surface area contributed by atoms with Crippen molar-refractivity contribution >= 4 is 23.2 Å². The number of aryl methyl sites for hydroxylation is 1. The van der Waals surface area contributed by atoms with Gasteiger partial charge >= 0.3 is 0 Å². The highest BCUT2D eigenvalue weighted by atomic mass is 32.1. The Morgan fingerprint density at radius 2 is 2.00 bits per heavy atom. The van der Waals surface area contributed by atoms with Crippen LogP contribution in [0.4, 0.5) is 4.39 Å². The summed E-state index contributed by atoms with van der Waals surface area (Å²) < 4.78 is 19.5. The zero-order valence-electron chi connectivity index (χ0n) is 18.8. The fourth-order valence-electron chi connectivity index (χ4n) is 4.17. The van der Waals surface area contributed by atoms with E-state index < -0.39 is 0 Å². The fourth-order valence-corrected chi connectivity index (χ4v) is 5.10. The SMILES string of the molecule is CCN(CC(=O)N1CCc2sccc2[C@H]1COc1cccc(F)c1)C(=O)c1ccccc1C. The second-order valence-corrected chi connectivity index (χ2v) is 9.06. The first kappa shape index (κ1) is 23.0. The fraction of sp³-hybridized carbons (Fsp3) is 0.308. The molecule has 0 saturated carbocycles. The Morgan fingerprint density at radius 1 is 1.18 bits per heavy atom. The van der Waals surface area contributed by atoms with E-state index in [0.29, 0.717) is 24.4 Å². The Hall–Kier alpha value is -3.19. The Morgan fingerprint density at radius 3 is 2.76 bits per heavy atom. The largest absolute Gasteiger partial charge is 0.491 e. The van der Waals surface area contributed by atoms with Gasteiger partial charge in [-0.05, 0) is 61.0 Å². The second-order valence-electron chi connectivity index (χ2n) is 8.05. The molecule has 0 radical (unpaired) electrons. The van der Waals surface area contributed by atoms with Gasteiger partial charge < -0.3 is 14.5 Å². The number of halogens is 1. The minimum Gasteiger partial charge on any atom is -0.491 e. The average molecular weight is 467 g/mol. The molecule has 0 N–H and O–H groups in total. The lowest BCUT2D eigenvalue weighted by Crippen LogP contribution is -2.47. The summed E-state index contributed by atoms with van der Waals surface area (Å²) in [6.07, 6.45) is 0.771. The van der Waals surface area contributed by atoms with Crippen LogP contribution in [-0.2, 0) is 11.2 Å². The highest BCUT2D eigenvalue weighted by Crippen LogP contribution is 2.34. The Bertz CT molecular complexity index is 1150. The maximum atomic E-state index is 13.6. The number of hydrogen-bond donors (Lipinski definition) is 0. The van der Waals surface area contributed by atoms with Gasteiger partial charge in [0.1, 0.15) is 24.7 Å². The Kier molecular flexibility index (Phi) is 7.08. The molecule has 0 spiro atoms. The number of likely N-dealkylation sites (N-methyl/N-ethyl adjacent to an activating group) is 1. The van der Waals surface area contributed by atoms with Crippen LogP contribution in [0.2, 0.25) is 0 Å². The van der Waals surface area contributed by atoms with Gasteiger partial charge in [-0.25, -0.2) is 4.39 Å². The van der Waals surface area contributed by atoms with Crippen LogP contribution in [-0.4, -0.2) is 47.9 Å². The van der Waals surface area contributed by atoms with Gasteiger partial charge in [0.25, 0.3) is 5.91 Å². The molecule has 2 heterocycles. The van der Waals surface area contributed by atoms with Crippen molar-refractivity contribution in [2.24, 2.45) is 0 Å². The predicted octanol–water partition coefficient (Wildman–Crippen LogP) is 4.86. The molecule has 33 heavy (non-hydrogen) atoms. The summed E-state index contributed by atoms with van der Waals surface area (Å²) in [5.41, 5.74) is 2.55. The van der Waals surface area contributed by atoms with Gasteiger partial charge in [-0.1, -0.05) is 24.3 Å². The first-order valence-corrected chi connectivity index (χ1v) is 11.9. The summed E-state index contributed by atoms with van der Waals surface area (Å²) in [5, 5.41) is 2.02. The van der Waals surface area contributed by atoms with E-state index in [4.69, 9.17) is 4.74 Å². The topological polar surface area (TPSA) is 49.9 Å². The number of carbonyl (C=O) groups excluding carboxylic acids is 2. The van der Waals surface area contributed by atoms with E-state index in [1.165, 1.54) is 17.0 Å². The average Bonchev–Trinajstić information content (AvgIpc) is 3.30. The molecule has 172 valence electrons. The van der Waals surface area contributed by atoms with Crippen LogP contribution in [0.1, 0.15) is 39.3 Å². The molecule has 3 aromatic rings. The van der Waals surface area contributed by atoms with Crippen molar-refractivity contribution in [2.45, 2.75) is 26.3 Å². The van der Waals surface area contributed by atoms with Gasteiger partial charge in [-0.3, -0.25) is 9.59 Å². The van der Waals surface area contributed by atoms with Gasteiger partial charge in [0.05, 0.1) is 6.04 Å². The first-order chi connectivity index (χ1) is 16.0. The number of nitrogens with zero attached hydrogens (tertiary/aromatic N) is 2. The lowest BCUT2D eigenvalue weighted by Gasteiger charge is -2.37. The number of ether oxygens (including phenoxy) is 1. The van der Waals surface area contributed by atoms with Crippen molar-refractivity contribution in [3.05, 3.63) is 87.4 Å². The molecule has 4 rings (SSSR count). The van der Waals surface area contributed by atoms with Crippen LogP contribution >= 0.6 is 11.3 Å². The van der Waals surface area contributed by atoms with E-state index in [0.717, 1.165) is 17.5 Å². The Balaban J connectivity index is 1.52. The summed E-state index contributed by atoms with van der Waals surface area (Å²) in [6.45, 7) is 4.98. The number of hydrogen-bond acceptors (Lipinski definition) is 4. The molecule has 1 atom stereocenters.